The number of methoxy groups -OCH3 is 3. The molecule has 28 heavy (non-hydrogen) atoms. The summed E-state index contributed by atoms with van der Waals surface area (Å²) >= 11 is 0. The molecule has 3 fully saturated rings. The lowest BCUT2D eigenvalue weighted by Crippen LogP contribution is -2.58. The van der Waals surface area contributed by atoms with Gasteiger partial charge in [-0.3, -0.25) is 9.80 Å². The fraction of sp³-hybridized carbons (Fsp3) is 0.739. The lowest BCUT2D eigenvalue weighted by Gasteiger charge is -2.52. The average Bonchev–Trinajstić information content (AvgIpc) is 2.73. The number of fused-ring (bicyclic) bond motifs is 2. The number of benzene rings is 1. The van der Waals surface area contributed by atoms with Crippen molar-refractivity contribution >= 4 is 0 Å². The van der Waals surface area contributed by atoms with E-state index < -0.39 is 0 Å². The minimum atomic E-state index is 0.675. The molecule has 0 unspecified atom stereocenters. The molecular weight excluding hydrogens is 352 g/mol. The van der Waals surface area contributed by atoms with Crippen molar-refractivity contribution < 1.29 is 14.2 Å². The van der Waals surface area contributed by atoms with E-state index in [1.165, 1.54) is 70.3 Å². The van der Waals surface area contributed by atoms with Gasteiger partial charge in [-0.25, -0.2) is 0 Å². The van der Waals surface area contributed by atoms with Gasteiger partial charge in [0.1, 0.15) is 0 Å². The molecule has 2 aliphatic heterocycles. The molecule has 0 aromatic heterocycles. The van der Waals surface area contributed by atoms with Gasteiger partial charge in [-0.2, -0.15) is 0 Å². The summed E-state index contributed by atoms with van der Waals surface area (Å²) in [6, 6.07) is 5.03. The topological polar surface area (TPSA) is 34.2 Å². The summed E-state index contributed by atoms with van der Waals surface area (Å²) in [5, 5.41) is 0. The average molecular weight is 389 g/mol. The molecule has 156 valence electrons. The summed E-state index contributed by atoms with van der Waals surface area (Å²) in [5.74, 6) is 3.83. The minimum Gasteiger partial charge on any atom is -0.493 e. The van der Waals surface area contributed by atoms with Crippen LogP contribution in [0.1, 0.15) is 44.1 Å². The van der Waals surface area contributed by atoms with Crippen LogP contribution in [0.25, 0.3) is 0 Å². The van der Waals surface area contributed by atoms with Gasteiger partial charge >= 0.3 is 0 Å². The Morgan fingerprint density at radius 1 is 0.821 bits per heavy atom. The molecular formula is C23H36N2O3. The zero-order chi connectivity index (χ0) is 19.5. The molecule has 0 spiro atoms. The van der Waals surface area contributed by atoms with Gasteiger partial charge in [-0.15, -0.1) is 0 Å². The third kappa shape index (κ3) is 3.97. The van der Waals surface area contributed by atoms with Crippen LogP contribution in [0.4, 0.5) is 0 Å². The summed E-state index contributed by atoms with van der Waals surface area (Å²) in [5.41, 5.74) is 1.24. The van der Waals surface area contributed by atoms with Gasteiger partial charge in [-0.05, 0) is 68.3 Å². The second-order valence-corrected chi connectivity index (χ2v) is 8.77. The van der Waals surface area contributed by atoms with E-state index >= 15 is 0 Å². The highest BCUT2D eigenvalue weighted by Gasteiger charge is 2.42. The molecule has 0 N–H and O–H groups in total. The first kappa shape index (κ1) is 19.8. The number of ether oxygens (including phenoxy) is 3. The quantitative estimate of drug-likeness (QED) is 0.740. The molecule has 1 aromatic carbocycles. The molecule has 2 heterocycles. The zero-order valence-corrected chi connectivity index (χ0v) is 17.8. The Bertz CT molecular complexity index is 620. The van der Waals surface area contributed by atoms with Crippen molar-refractivity contribution in [2.75, 3.05) is 47.5 Å². The SMILES string of the molecule is COc1cc(CN2C[C@H]3CCC[C@H](C2)C3N2CCCCC2)cc(OC)c1OC. The van der Waals surface area contributed by atoms with Gasteiger partial charge in [0.2, 0.25) is 5.75 Å². The third-order valence-electron chi connectivity index (χ3n) is 7.04. The van der Waals surface area contributed by atoms with Crippen LogP contribution in [-0.2, 0) is 6.54 Å². The lowest BCUT2D eigenvalue weighted by molar-refractivity contribution is -0.0290. The van der Waals surface area contributed by atoms with E-state index in [0.717, 1.165) is 35.9 Å². The number of piperidine rings is 2. The Labute approximate surface area is 169 Å². The van der Waals surface area contributed by atoms with Crippen LogP contribution in [0, 0.1) is 11.8 Å². The van der Waals surface area contributed by atoms with Gasteiger partial charge in [0.15, 0.2) is 11.5 Å². The van der Waals surface area contributed by atoms with Crippen LogP contribution in [0.5, 0.6) is 17.2 Å². The predicted octanol–water partition coefficient (Wildman–Crippen LogP) is 3.80. The maximum Gasteiger partial charge on any atom is 0.203 e. The van der Waals surface area contributed by atoms with Crippen molar-refractivity contribution in [3.63, 3.8) is 0 Å². The van der Waals surface area contributed by atoms with E-state index in [1.807, 2.05) is 0 Å². The molecule has 1 saturated carbocycles. The maximum absolute atomic E-state index is 5.55. The predicted molar refractivity (Wildman–Crippen MR) is 111 cm³/mol. The summed E-state index contributed by atoms with van der Waals surface area (Å²) in [6.07, 6.45) is 8.41. The van der Waals surface area contributed by atoms with Crippen LogP contribution in [0.15, 0.2) is 12.1 Å². The number of hydrogen-bond donors (Lipinski definition) is 0. The molecule has 1 aromatic rings. The Balaban J connectivity index is 1.48. The highest BCUT2D eigenvalue weighted by atomic mass is 16.5. The summed E-state index contributed by atoms with van der Waals surface area (Å²) < 4.78 is 16.6. The van der Waals surface area contributed by atoms with Crippen LogP contribution in [0.3, 0.4) is 0 Å². The molecule has 2 saturated heterocycles. The second kappa shape index (κ2) is 8.91. The molecule has 3 aliphatic rings. The van der Waals surface area contributed by atoms with Crippen molar-refractivity contribution in [2.45, 2.75) is 51.1 Å². The first-order chi connectivity index (χ1) is 13.7. The minimum absolute atomic E-state index is 0.675. The summed E-state index contributed by atoms with van der Waals surface area (Å²) in [4.78, 5) is 5.50. The largest absolute Gasteiger partial charge is 0.493 e. The van der Waals surface area contributed by atoms with E-state index in [2.05, 4.69) is 21.9 Å². The monoisotopic (exact) mass is 388 g/mol. The molecule has 2 bridgehead atoms. The van der Waals surface area contributed by atoms with Gasteiger partial charge in [0, 0.05) is 25.7 Å². The smallest absolute Gasteiger partial charge is 0.203 e. The molecule has 5 nitrogen and oxygen atoms in total. The summed E-state index contributed by atoms with van der Waals surface area (Å²) in [7, 11) is 5.04. The normalized spacial score (nSPS) is 28.8. The fourth-order valence-corrected chi connectivity index (χ4v) is 5.93. The molecule has 4 rings (SSSR count). The van der Waals surface area contributed by atoms with E-state index in [9.17, 15) is 0 Å². The number of nitrogens with zero attached hydrogens (tertiary/aromatic N) is 2. The Morgan fingerprint density at radius 3 is 1.96 bits per heavy atom. The van der Waals surface area contributed by atoms with E-state index in [1.54, 1.807) is 21.3 Å². The molecule has 2 atom stereocenters. The van der Waals surface area contributed by atoms with Crippen molar-refractivity contribution in [2.24, 2.45) is 11.8 Å². The zero-order valence-electron chi connectivity index (χ0n) is 17.8. The first-order valence-electron chi connectivity index (χ1n) is 11.0. The highest BCUT2D eigenvalue weighted by Crippen LogP contribution is 2.41. The second-order valence-electron chi connectivity index (χ2n) is 8.77. The Kier molecular flexibility index (Phi) is 6.32. The van der Waals surface area contributed by atoms with Crippen LogP contribution < -0.4 is 14.2 Å². The van der Waals surface area contributed by atoms with Gasteiger partial charge < -0.3 is 14.2 Å². The summed E-state index contributed by atoms with van der Waals surface area (Å²) in [6.45, 7) is 6.04. The maximum atomic E-state index is 5.55. The Hall–Kier alpha value is -1.46. The lowest BCUT2D eigenvalue weighted by atomic mass is 9.72. The van der Waals surface area contributed by atoms with E-state index in [0.29, 0.717) is 5.75 Å². The molecule has 1 aliphatic carbocycles. The van der Waals surface area contributed by atoms with Crippen LogP contribution >= 0.6 is 0 Å². The molecule has 5 heteroatoms. The van der Waals surface area contributed by atoms with E-state index in [-0.39, 0.29) is 0 Å². The van der Waals surface area contributed by atoms with Crippen molar-refractivity contribution in [3.8, 4) is 17.2 Å². The van der Waals surface area contributed by atoms with Gasteiger partial charge in [-0.1, -0.05) is 12.8 Å². The van der Waals surface area contributed by atoms with Crippen molar-refractivity contribution in [1.82, 2.24) is 9.80 Å². The highest BCUT2D eigenvalue weighted by molar-refractivity contribution is 5.53. The van der Waals surface area contributed by atoms with Crippen LogP contribution in [-0.4, -0.2) is 63.4 Å². The number of hydrogen-bond acceptors (Lipinski definition) is 5. The number of rotatable bonds is 6. The molecule has 0 amide bonds. The van der Waals surface area contributed by atoms with Gasteiger partial charge in [0.25, 0.3) is 0 Å². The van der Waals surface area contributed by atoms with Crippen LogP contribution in [0.2, 0.25) is 0 Å². The fourth-order valence-electron chi connectivity index (χ4n) is 5.93. The first-order valence-corrected chi connectivity index (χ1v) is 11.0. The van der Waals surface area contributed by atoms with Crippen molar-refractivity contribution in [3.05, 3.63) is 17.7 Å². The third-order valence-corrected chi connectivity index (χ3v) is 7.04. The van der Waals surface area contributed by atoms with Gasteiger partial charge in [0.05, 0.1) is 21.3 Å². The van der Waals surface area contributed by atoms with Crippen molar-refractivity contribution in [1.29, 1.82) is 0 Å². The van der Waals surface area contributed by atoms with E-state index in [4.69, 9.17) is 14.2 Å². The Morgan fingerprint density at radius 2 is 1.43 bits per heavy atom. The molecule has 0 radical (unpaired) electrons. The standard InChI is InChI=1S/C23H36N2O3/c1-26-20-12-17(13-21(27-2)23(20)28-3)14-24-15-18-8-7-9-19(16-24)22(18)25-10-5-4-6-11-25/h12-13,18-19,22H,4-11,14-16H2,1-3H3/t18-,19-/m1/s1. The number of likely N-dealkylation sites (tertiary alicyclic amines) is 2.